The van der Waals surface area contributed by atoms with Crippen molar-refractivity contribution in [3.63, 3.8) is 0 Å². The molecule has 0 unspecified atom stereocenters. The number of ether oxygens (including phenoxy) is 1. The van der Waals surface area contributed by atoms with Crippen molar-refractivity contribution >= 4 is 32.7 Å². The minimum atomic E-state index is -3.63. The van der Waals surface area contributed by atoms with Crippen molar-refractivity contribution < 1.29 is 22.7 Å². The molecule has 1 aliphatic carbocycles. The zero-order chi connectivity index (χ0) is 20.6. The highest BCUT2D eigenvalue weighted by Crippen LogP contribution is 2.38. The fraction of sp³-hybridized carbons (Fsp3) is 0.429. The van der Waals surface area contributed by atoms with Gasteiger partial charge in [-0.3, -0.25) is 9.59 Å². The molecule has 154 valence electrons. The van der Waals surface area contributed by atoms with Gasteiger partial charge in [0.2, 0.25) is 10.0 Å². The lowest BCUT2D eigenvalue weighted by Crippen LogP contribution is -2.51. The standard InChI is InChI=1S/C21H24N2O5S/c1-15-12-19(15)21(25)28-14-20(24)22-8-10-23(11-9-22)29(26,27)18-7-6-16-4-2-3-5-17(16)13-18/h2-7,13,15,19H,8-12,14H2,1H3/t15-,19-/m0/s1. The van der Waals surface area contributed by atoms with Crippen molar-refractivity contribution in [2.45, 2.75) is 18.2 Å². The molecule has 0 spiro atoms. The number of esters is 1. The Bertz CT molecular complexity index is 1040. The molecule has 7 nitrogen and oxygen atoms in total. The number of fused-ring (bicyclic) bond motifs is 1. The van der Waals surface area contributed by atoms with Crippen LogP contribution in [0.5, 0.6) is 0 Å². The summed E-state index contributed by atoms with van der Waals surface area (Å²) in [6, 6.07) is 12.7. The lowest BCUT2D eigenvalue weighted by Gasteiger charge is -2.33. The first-order chi connectivity index (χ1) is 13.9. The largest absolute Gasteiger partial charge is 0.455 e. The van der Waals surface area contributed by atoms with Crippen molar-refractivity contribution in [2.75, 3.05) is 32.8 Å². The summed E-state index contributed by atoms with van der Waals surface area (Å²) in [5.41, 5.74) is 0. The second kappa shape index (κ2) is 7.76. The maximum Gasteiger partial charge on any atom is 0.309 e. The van der Waals surface area contributed by atoms with Crippen LogP contribution in [-0.2, 0) is 24.3 Å². The van der Waals surface area contributed by atoms with Gasteiger partial charge in [-0.25, -0.2) is 8.42 Å². The molecule has 2 atom stereocenters. The van der Waals surface area contributed by atoms with E-state index in [0.29, 0.717) is 5.92 Å². The van der Waals surface area contributed by atoms with E-state index in [1.54, 1.807) is 23.1 Å². The second-order valence-corrected chi connectivity index (χ2v) is 9.66. The van der Waals surface area contributed by atoms with E-state index in [1.165, 1.54) is 4.31 Å². The Morgan fingerprint density at radius 3 is 2.34 bits per heavy atom. The minimum Gasteiger partial charge on any atom is -0.455 e. The van der Waals surface area contributed by atoms with Crippen LogP contribution < -0.4 is 0 Å². The van der Waals surface area contributed by atoms with E-state index in [-0.39, 0.29) is 55.5 Å². The summed E-state index contributed by atoms with van der Waals surface area (Å²) in [5.74, 6) is -0.342. The first-order valence-corrected chi connectivity index (χ1v) is 11.2. The Morgan fingerprint density at radius 2 is 1.69 bits per heavy atom. The smallest absolute Gasteiger partial charge is 0.309 e. The molecule has 1 saturated heterocycles. The number of hydrogen-bond acceptors (Lipinski definition) is 5. The van der Waals surface area contributed by atoms with E-state index >= 15 is 0 Å². The normalized spacial score (nSPS) is 22.4. The van der Waals surface area contributed by atoms with E-state index in [9.17, 15) is 18.0 Å². The maximum atomic E-state index is 13.0. The van der Waals surface area contributed by atoms with Crippen LogP contribution in [0.15, 0.2) is 47.4 Å². The highest BCUT2D eigenvalue weighted by Gasteiger charge is 2.41. The van der Waals surface area contributed by atoms with Gasteiger partial charge in [-0.15, -0.1) is 0 Å². The first-order valence-electron chi connectivity index (χ1n) is 9.79. The van der Waals surface area contributed by atoms with Crippen molar-refractivity contribution in [3.05, 3.63) is 42.5 Å². The van der Waals surface area contributed by atoms with E-state index < -0.39 is 10.0 Å². The SMILES string of the molecule is C[C@H]1C[C@@H]1C(=O)OCC(=O)N1CCN(S(=O)(=O)c2ccc3ccccc3c2)CC1. The number of benzene rings is 2. The van der Waals surface area contributed by atoms with Crippen LogP contribution in [0, 0.1) is 11.8 Å². The van der Waals surface area contributed by atoms with Gasteiger partial charge >= 0.3 is 5.97 Å². The third kappa shape index (κ3) is 4.13. The number of carbonyl (C=O) groups is 2. The Kier molecular flexibility index (Phi) is 5.31. The van der Waals surface area contributed by atoms with Crippen LogP contribution in [0.2, 0.25) is 0 Å². The van der Waals surface area contributed by atoms with Crippen molar-refractivity contribution in [1.29, 1.82) is 0 Å². The average Bonchev–Trinajstić information content (AvgIpc) is 3.48. The van der Waals surface area contributed by atoms with Gasteiger partial charge in [0.15, 0.2) is 6.61 Å². The second-order valence-electron chi connectivity index (χ2n) is 7.72. The summed E-state index contributed by atoms with van der Waals surface area (Å²) in [7, 11) is -3.63. The fourth-order valence-electron chi connectivity index (χ4n) is 3.64. The van der Waals surface area contributed by atoms with Crippen molar-refractivity contribution in [3.8, 4) is 0 Å². The van der Waals surface area contributed by atoms with Crippen molar-refractivity contribution in [1.82, 2.24) is 9.21 Å². The molecule has 2 aromatic carbocycles. The Morgan fingerprint density at radius 1 is 1.03 bits per heavy atom. The lowest BCUT2D eigenvalue weighted by atomic mass is 10.1. The van der Waals surface area contributed by atoms with Gasteiger partial charge in [0.25, 0.3) is 5.91 Å². The number of hydrogen-bond donors (Lipinski definition) is 0. The van der Waals surface area contributed by atoms with E-state index in [4.69, 9.17) is 4.74 Å². The molecular formula is C21H24N2O5S. The minimum absolute atomic E-state index is 0.0771. The zero-order valence-electron chi connectivity index (χ0n) is 16.3. The van der Waals surface area contributed by atoms with Crippen LogP contribution in [0.3, 0.4) is 0 Å². The van der Waals surface area contributed by atoms with Crippen LogP contribution in [0.25, 0.3) is 10.8 Å². The predicted octanol–water partition coefficient (Wildman–Crippen LogP) is 1.87. The zero-order valence-corrected chi connectivity index (χ0v) is 17.1. The van der Waals surface area contributed by atoms with Crippen LogP contribution in [0.4, 0.5) is 0 Å². The number of nitrogens with zero attached hydrogens (tertiary/aromatic N) is 2. The average molecular weight is 416 g/mol. The third-order valence-corrected chi connectivity index (χ3v) is 7.59. The summed E-state index contributed by atoms with van der Waals surface area (Å²) < 4.78 is 32.5. The molecule has 0 N–H and O–H groups in total. The molecule has 1 amide bonds. The van der Waals surface area contributed by atoms with Crippen LogP contribution in [-0.4, -0.2) is 62.3 Å². The highest BCUT2D eigenvalue weighted by atomic mass is 32.2. The number of rotatable bonds is 5. The van der Waals surface area contributed by atoms with Gasteiger partial charge in [0.05, 0.1) is 10.8 Å². The maximum absolute atomic E-state index is 13.0. The molecule has 2 fully saturated rings. The Labute approximate surface area is 170 Å². The summed E-state index contributed by atoms with van der Waals surface area (Å²) in [4.78, 5) is 25.8. The first kappa shape index (κ1) is 19.8. The molecule has 2 aromatic rings. The molecule has 29 heavy (non-hydrogen) atoms. The number of amides is 1. The van der Waals surface area contributed by atoms with Crippen LogP contribution in [0.1, 0.15) is 13.3 Å². The van der Waals surface area contributed by atoms with E-state index in [0.717, 1.165) is 17.2 Å². The summed E-state index contributed by atoms with van der Waals surface area (Å²) in [6.45, 7) is 2.69. The molecule has 2 aliphatic rings. The summed E-state index contributed by atoms with van der Waals surface area (Å²) in [6.07, 6.45) is 0.818. The quantitative estimate of drug-likeness (QED) is 0.695. The molecule has 1 aliphatic heterocycles. The van der Waals surface area contributed by atoms with Gasteiger partial charge in [-0.2, -0.15) is 4.31 Å². The van der Waals surface area contributed by atoms with E-state index in [1.807, 2.05) is 31.2 Å². The molecular weight excluding hydrogens is 392 g/mol. The summed E-state index contributed by atoms with van der Waals surface area (Å²) in [5, 5.41) is 1.85. The molecule has 1 heterocycles. The fourth-order valence-corrected chi connectivity index (χ4v) is 5.09. The number of sulfonamides is 1. The van der Waals surface area contributed by atoms with E-state index in [2.05, 4.69) is 0 Å². The third-order valence-electron chi connectivity index (χ3n) is 5.70. The van der Waals surface area contributed by atoms with Gasteiger partial charge in [0, 0.05) is 26.2 Å². The van der Waals surface area contributed by atoms with Gasteiger partial charge in [0.1, 0.15) is 0 Å². The molecule has 8 heteroatoms. The Balaban J connectivity index is 1.35. The number of piperazine rings is 1. The van der Waals surface area contributed by atoms with Gasteiger partial charge < -0.3 is 9.64 Å². The van der Waals surface area contributed by atoms with Crippen LogP contribution >= 0.6 is 0 Å². The molecule has 0 aromatic heterocycles. The molecule has 1 saturated carbocycles. The van der Waals surface area contributed by atoms with Gasteiger partial charge in [-0.1, -0.05) is 37.3 Å². The monoisotopic (exact) mass is 416 g/mol. The lowest BCUT2D eigenvalue weighted by molar-refractivity contribution is -0.153. The summed E-state index contributed by atoms with van der Waals surface area (Å²) >= 11 is 0. The predicted molar refractivity (Wildman–Crippen MR) is 108 cm³/mol. The highest BCUT2D eigenvalue weighted by molar-refractivity contribution is 7.89. The van der Waals surface area contributed by atoms with Gasteiger partial charge in [-0.05, 0) is 35.2 Å². The topological polar surface area (TPSA) is 84.0 Å². The Hall–Kier alpha value is -2.45. The molecule has 0 radical (unpaired) electrons. The molecule has 0 bridgehead atoms. The number of carbonyl (C=O) groups excluding carboxylic acids is 2. The van der Waals surface area contributed by atoms with Crippen molar-refractivity contribution in [2.24, 2.45) is 11.8 Å². The molecule has 4 rings (SSSR count).